The van der Waals surface area contributed by atoms with E-state index in [4.69, 9.17) is 17.8 Å². The normalized spacial score (nSPS) is 27.1. The molecule has 0 bridgehead atoms. The maximum absolute atomic E-state index is 12.9. The molecule has 2 saturated heterocycles. The van der Waals surface area contributed by atoms with Crippen LogP contribution in [-0.4, -0.2) is 52.1 Å². The van der Waals surface area contributed by atoms with Gasteiger partial charge in [0.05, 0.1) is 24.0 Å². The zero-order valence-electron chi connectivity index (χ0n) is 17.5. The Labute approximate surface area is 183 Å². The van der Waals surface area contributed by atoms with Crippen molar-refractivity contribution in [3.05, 3.63) is 48.5 Å². The lowest BCUT2D eigenvalue weighted by atomic mass is 9.96. The van der Waals surface area contributed by atoms with E-state index in [0.29, 0.717) is 18.0 Å². The van der Waals surface area contributed by atoms with E-state index in [1.165, 1.54) is 0 Å². The molecular weight excluding hydrogens is 420 g/mol. The summed E-state index contributed by atoms with van der Waals surface area (Å²) < 4.78 is 35.0. The Morgan fingerprint density at radius 1 is 1.00 bits per heavy atom. The number of benzene rings is 2. The second-order valence-corrected chi connectivity index (χ2v) is 9.55. The lowest BCUT2D eigenvalue weighted by Crippen LogP contribution is -2.61. The van der Waals surface area contributed by atoms with Crippen LogP contribution in [0.1, 0.15) is 20.8 Å². The molecule has 0 saturated carbocycles. The van der Waals surface area contributed by atoms with Gasteiger partial charge in [0.2, 0.25) is 0 Å². The average molecular weight is 445 g/mol. The predicted molar refractivity (Wildman–Crippen MR) is 115 cm³/mol. The lowest BCUT2D eigenvalue weighted by molar-refractivity contribution is -0.00656. The highest BCUT2D eigenvalue weighted by Crippen LogP contribution is 2.49. The Morgan fingerprint density at radius 2 is 1.61 bits per heavy atom. The number of carbonyl (C=O) groups excluding carboxylic acids is 1. The molecule has 0 aliphatic carbocycles. The number of carbonyl (C=O) groups is 1. The van der Waals surface area contributed by atoms with Gasteiger partial charge in [0, 0.05) is 6.54 Å². The Balaban J connectivity index is 1.56. The summed E-state index contributed by atoms with van der Waals surface area (Å²) in [6.45, 7) is 6.05. The molecule has 3 aliphatic heterocycles. The Kier molecular flexibility index (Phi) is 4.91. The van der Waals surface area contributed by atoms with Crippen molar-refractivity contribution in [1.82, 2.24) is 4.90 Å². The van der Waals surface area contributed by atoms with Crippen molar-refractivity contribution in [2.24, 2.45) is 0 Å². The summed E-state index contributed by atoms with van der Waals surface area (Å²) in [6, 6.07) is 15.0. The maximum Gasteiger partial charge on any atom is 0.410 e. The van der Waals surface area contributed by atoms with E-state index >= 15 is 0 Å². The molecule has 2 fully saturated rings. The van der Waals surface area contributed by atoms with E-state index in [-0.39, 0.29) is 12.6 Å². The van der Waals surface area contributed by atoms with E-state index in [9.17, 15) is 9.00 Å². The van der Waals surface area contributed by atoms with Crippen LogP contribution >= 0.6 is 0 Å². The summed E-state index contributed by atoms with van der Waals surface area (Å²) in [5.41, 5.74) is 1.06. The van der Waals surface area contributed by atoms with Gasteiger partial charge in [-0.05, 0) is 45.0 Å². The van der Waals surface area contributed by atoms with Crippen LogP contribution in [0.3, 0.4) is 0 Å². The van der Waals surface area contributed by atoms with Gasteiger partial charge in [0.25, 0.3) is 0 Å². The number of likely N-dealkylation sites (tertiary alicyclic amines) is 1. The monoisotopic (exact) mass is 444 g/mol. The highest BCUT2D eigenvalue weighted by Gasteiger charge is 2.51. The third kappa shape index (κ3) is 3.77. The number of ether oxygens (including phenoxy) is 2. The standard InChI is InChI=1S/C22H24N2O6S/c1-22(2,3)28-21(25)23-12-16(20-19(13-23)29-31(26)30-20)24-14-8-4-6-10-17(14)27-18-11-7-5-9-15(18)24/h4-11,16,19-20H,12-13H2,1-3H3/t16-,19-,20+,31?/m1/s1. The van der Waals surface area contributed by atoms with Gasteiger partial charge in [-0.25, -0.2) is 4.79 Å². The van der Waals surface area contributed by atoms with Crippen LogP contribution in [0.2, 0.25) is 0 Å². The molecule has 5 rings (SSSR count). The van der Waals surface area contributed by atoms with Crippen molar-refractivity contribution in [1.29, 1.82) is 0 Å². The van der Waals surface area contributed by atoms with E-state index in [1.807, 2.05) is 69.3 Å². The number of piperidine rings is 1. The van der Waals surface area contributed by atoms with Crippen molar-refractivity contribution in [3.8, 4) is 11.5 Å². The van der Waals surface area contributed by atoms with Crippen LogP contribution in [0.4, 0.5) is 16.2 Å². The molecule has 0 radical (unpaired) electrons. The second-order valence-electron chi connectivity index (χ2n) is 8.76. The fourth-order valence-electron chi connectivity index (χ4n) is 4.19. The van der Waals surface area contributed by atoms with Crippen LogP contribution in [0.15, 0.2) is 48.5 Å². The average Bonchev–Trinajstić information content (AvgIpc) is 3.10. The fourth-order valence-corrected chi connectivity index (χ4v) is 5.04. The first-order valence-corrected chi connectivity index (χ1v) is 11.2. The SMILES string of the molecule is CC(C)(C)OC(=O)N1C[C@@H](N2c3ccccc3Oc3ccccc32)[C@@H]2OS(=O)O[C@@H]2C1. The van der Waals surface area contributed by atoms with Crippen molar-refractivity contribution in [2.75, 3.05) is 18.0 Å². The highest BCUT2D eigenvalue weighted by molar-refractivity contribution is 7.75. The smallest absolute Gasteiger partial charge is 0.410 e. The number of anilines is 2. The van der Waals surface area contributed by atoms with Crippen molar-refractivity contribution in [2.45, 2.75) is 44.6 Å². The highest BCUT2D eigenvalue weighted by atomic mass is 32.2. The summed E-state index contributed by atoms with van der Waals surface area (Å²) in [6.07, 6.45) is -1.46. The molecule has 31 heavy (non-hydrogen) atoms. The second kappa shape index (κ2) is 7.51. The minimum Gasteiger partial charge on any atom is -0.453 e. The topological polar surface area (TPSA) is 77.5 Å². The molecule has 3 heterocycles. The Morgan fingerprint density at radius 3 is 2.23 bits per heavy atom. The molecule has 1 unspecified atom stereocenters. The van der Waals surface area contributed by atoms with E-state index in [1.54, 1.807) is 4.90 Å². The summed E-state index contributed by atoms with van der Waals surface area (Å²) in [4.78, 5) is 16.6. The molecule has 0 aromatic heterocycles. The van der Waals surface area contributed by atoms with E-state index in [2.05, 4.69) is 4.90 Å². The molecule has 8 nitrogen and oxygen atoms in total. The number of hydrogen-bond donors (Lipinski definition) is 0. The molecule has 0 N–H and O–H groups in total. The number of rotatable bonds is 1. The number of hydrogen-bond acceptors (Lipinski definition) is 7. The zero-order chi connectivity index (χ0) is 21.8. The molecule has 164 valence electrons. The van der Waals surface area contributed by atoms with Crippen molar-refractivity contribution in [3.63, 3.8) is 0 Å². The first-order valence-electron chi connectivity index (χ1n) is 10.2. The molecule has 3 aliphatic rings. The third-order valence-electron chi connectivity index (χ3n) is 5.40. The van der Waals surface area contributed by atoms with E-state index < -0.39 is 35.3 Å². The number of fused-ring (bicyclic) bond motifs is 3. The molecule has 2 aromatic carbocycles. The zero-order valence-corrected chi connectivity index (χ0v) is 18.3. The summed E-state index contributed by atoms with van der Waals surface area (Å²) in [5, 5.41) is 0. The minimum absolute atomic E-state index is 0.245. The largest absolute Gasteiger partial charge is 0.453 e. The van der Waals surface area contributed by atoms with Gasteiger partial charge < -0.3 is 19.3 Å². The number of amides is 1. The Bertz CT molecular complexity index is 993. The first kappa shape index (κ1) is 20.3. The van der Waals surface area contributed by atoms with Crippen molar-refractivity contribution < 1.29 is 26.8 Å². The van der Waals surface area contributed by atoms with Gasteiger partial charge in [-0.2, -0.15) is 4.21 Å². The molecule has 4 atom stereocenters. The van der Waals surface area contributed by atoms with Gasteiger partial charge in [-0.15, -0.1) is 0 Å². The number of para-hydroxylation sites is 4. The van der Waals surface area contributed by atoms with Crippen LogP contribution < -0.4 is 9.64 Å². The summed E-state index contributed by atoms with van der Waals surface area (Å²) in [5.74, 6) is 1.40. The fraction of sp³-hybridized carbons (Fsp3) is 0.409. The quantitative estimate of drug-likeness (QED) is 0.660. The predicted octanol–water partition coefficient (Wildman–Crippen LogP) is 3.91. The van der Waals surface area contributed by atoms with Gasteiger partial charge in [-0.1, -0.05) is 24.3 Å². The number of nitrogens with zero attached hydrogens (tertiary/aromatic N) is 2. The molecule has 2 aromatic rings. The Hall–Kier alpha value is -2.62. The third-order valence-corrected chi connectivity index (χ3v) is 6.18. The molecule has 1 amide bonds. The van der Waals surface area contributed by atoms with Crippen LogP contribution in [0, 0.1) is 0 Å². The lowest BCUT2D eigenvalue weighted by Gasteiger charge is -2.46. The van der Waals surface area contributed by atoms with Gasteiger partial charge in [0.1, 0.15) is 17.8 Å². The van der Waals surface area contributed by atoms with Gasteiger partial charge >= 0.3 is 17.5 Å². The van der Waals surface area contributed by atoms with Crippen LogP contribution in [0.5, 0.6) is 11.5 Å². The first-order chi connectivity index (χ1) is 14.8. The summed E-state index contributed by atoms with van der Waals surface area (Å²) in [7, 11) is 0. The minimum atomic E-state index is -1.87. The summed E-state index contributed by atoms with van der Waals surface area (Å²) >= 11 is -1.87. The van der Waals surface area contributed by atoms with E-state index in [0.717, 1.165) is 11.4 Å². The van der Waals surface area contributed by atoms with Gasteiger partial charge in [0.15, 0.2) is 11.5 Å². The maximum atomic E-state index is 12.9. The van der Waals surface area contributed by atoms with Crippen LogP contribution in [0.25, 0.3) is 0 Å². The molecular formula is C22H24N2O6S. The van der Waals surface area contributed by atoms with Crippen molar-refractivity contribution >= 4 is 28.8 Å². The van der Waals surface area contributed by atoms with Crippen LogP contribution in [-0.2, 0) is 24.5 Å². The van der Waals surface area contributed by atoms with Gasteiger partial charge in [-0.3, -0.25) is 8.37 Å². The molecule has 9 heteroatoms. The molecule has 0 spiro atoms.